The van der Waals surface area contributed by atoms with E-state index in [9.17, 15) is 14.4 Å². The molecule has 0 unspecified atom stereocenters. The molecule has 11 heteroatoms. The number of nitrogens with zero attached hydrogens (tertiary/aromatic N) is 1. The summed E-state index contributed by atoms with van der Waals surface area (Å²) < 4.78 is -1.99. The Morgan fingerprint density at radius 3 is 2.00 bits per heavy atom. The first-order valence-corrected chi connectivity index (χ1v) is 12.9. The maximum absolute atomic E-state index is 13.5. The number of amides is 3. The molecule has 1 heterocycles. The summed E-state index contributed by atoms with van der Waals surface area (Å²) in [4.78, 5) is 36.7. The summed E-state index contributed by atoms with van der Waals surface area (Å²) in [5.74, 6) is -3.96. The average Bonchev–Trinajstić information content (AvgIpc) is 3.22. The van der Waals surface area contributed by atoms with Crippen LogP contribution in [0, 0.1) is 11.8 Å². The molecule has 1 saturated heterocycles. The third-order valence-corrected chi connectivity index (χ3v) is 11.0. The number of carbonyl (C=O) groups excluding carboxylic acids is 3. The van der Waals surface area contributed by atoms with Crippen LogP contribution in [-0.2, 0) is 20.8 Å². The third kappa shape index (κ3) is 3.32. The van der Waals surface area contributed by atoms with Gasteiger partial charge in [0.25, 0.3) is 0 Å². The number of hydrogen-bond donors (Lipinski definition) is 1. The van der Waals surface area contributed by atoms with Crippen molar-refractivity contribution in [1.82, 2.24) is 0 Å². The van der Waals surface area contributed by atoms with Crippen LogP contribution in [0.3, 0.4) is 0 Å². The van der Waals surface area contributed by atoms with Gasteiger partial charge in [-0.3, -0.25) is 14.4 Å². The van der Waals surface area contributed by atoms with Crippen LogP contribution in [0.25, 0.3) is 0 Å². The third-order valence-electron chi connectivity index (χ3n) is 6.78. The fourth-order valence-corrected chi connectivity index (χ4v) is 8.03. The number of nitrogens with one attached hydrogen (secondary N) is 1. The normalized spacial score (nSPS) is 30.7. The molecule has 0 aromatic heterocycles. The van der Waals surface area contributed by atoms with E-state index in [1.54, 1.807) is 18.2 Å². The Morgan fingerprint density at radius 1 is 0.857 bits per heavy atom. The lowest BCUT2D eigenvalue weighted by Gasteiger charge is -2.34. The number of rotatable bonds is 5. The number of fused-ring (bicyclic) bond motifs is 5. The maximum Gasteiger partial charge on any atom is 0.240 e. The summed E-state index contributed by atoms with van der Waals surface area (Å²) in [7, 11) is 0. The molecule has 5 nitrogen and oxygen atoms in total. The minimum atomic E-state index is -1.99. The second-order valence-electron chi connectivity index (χ2n) is 8.68. The van der Waals surface area contributed by atoms with Gasteiger partial charge >= 0.3 is 0 Å². The zero-order valence-corrected chi connectivity index (χ0v) is 22.2. The van der Waals surface area contributed by atoms with Crippen molar-refractivity contribution < 1.29 is 14.4 Å². The molecule has 0 spiro atoms. The van der Waals surface area contributed by atoms with Crippen molar-refractivity contribution in [2.24, 2.45) is 11.8 Å². The highest BCUT2D eigenvalue weighted by Gasteiger charge is 2.87. The monoisotopic (exact) mass is 590 g/mol. The van der Waals surface area contributed by atoms with E-state index in [0.29, 0.717) is 12.1 Å². The quantitative estimate of drug-likeness (QED) is 0.332. The molecule has 3 aliphatic rings. The Labute approximate surface area is 231 Å². The molecule has 4 atom stereocenters. The highest BCUT2D eigenvalue weighted by atomic mass is 35.5. The van der Waals surface area contributed by atoms with Gasteiger partial charge in [0.2, 0.25) is 17.7 Å². The largest absolute Gasteiger partial charge is 0.326 e. The first-order chi connectivity index (χ1) is 16.5. The maximum atomic E-state index is 13.5. The van der Waals surface area contributed by atoms with Gasteiger partial charge in [-0.2, -0.15) is 0 Å². The zero-order valence-electron chi connectivity index (χ0n) is 17.7. The standard InChI is InChI=1S/C24H16Cl6N2O3/c25-18-19(26)23(28)17-16(22(18,27)24(23,29)30)20(34)32(21(17)35)14-8-4-7-13(11-14)31-15(33)10-9-12-5-2-1-3-6-12/h1-8,11,16-17H,9-10H2,(H,31,33)/t16-,17-,22+,23+/m1/s1. The fraction of sp³-hybridized carbons (Fsp3) is 0.292. The number of allylic oxidation sites excluding steroid dienone is 2. The SMILES string of the molecule is O=C(CCc1ccccc1)Nc1cccc(N2C(=O)[C@H]3[C@H](C2=O)[C@]2(Cl)C(Cl)=C(Cl)[C@]3(Cl)C2(Cl)Cl)c1. The van der Waals surface area contributed by atoms with Gasteiger partial charge in [-0.05, 0) is 30.2 Å². The fourth-order valence-electron chi connectivity index (χ4n) is 5.10. The molecule has 2 aliphatic carbocycles. The van der Waals surface area contributed by atoms with E-state index in [1.165, 1.54) is 6.07 Å². The minimum absolute atomic E-state index is 0.149. The van der Waals surface area contributed by atoms with E-state index in [2.05, 4.69) is 5.32 Å². The van der Waals surface area contributed by atoms with Crippen molar-refractivity contribution in [2.45, 2.75) is 26.9 Å². The number of aryl methyl sites for hydroxylation is 1. The predicted octanol–water partition coefficient (Wildman–Crippen LogP) is 6.21. The van der Waals surface area contributed by atoms with Crippen LogP contribution in [0.2, 0.25) is 0 Å². The Balaban J connectivity index is 1.39. The molecule has 2 aromatic rings. The number of halogens is 6. The molecule has 2 fully saturated rings. The number of anilines is 2. The summed E-state index contributed by atoms with van der Waals surface area (Å²) in [6.07, 6.45) is 0.835. The average molecular weight is 593 g/mol. The van der Waals surface area contributed by atoms with Gasteiger partial charge < -0.3 is 5.32 Å². The Hall–Kier alpha value is -1.47. The summed E-state index contributed by atoms with van der Waals surface area (Å²) in [5, 5.41) is 2.50. The lowest BCUT2D eigenvalue weighted by atomic mass is 9.84. The van der Waals surface area contributed by atoms with E-state index in [0.717, 1.165) is 10.5 Å². The topological polar surface area (TPSA) is 66.5 Å². The Morgan fingerprint density at radius 2 is 1.43 bits per heavy atom. The second-order valence-corrected chi connectivity index (χ2v) is 12.0. The molecule has 182 valence electrons. The smallest absolute Gasteiger partial charge is 0.240 e. The van der Waals surface area contributed by atoms with Crippen LogP contribution < -0.4 is 10.2 Å². The second kappa shape index (κ2) is 8.54. The van der Waals surface area contributed by atoms with Crippen LogP contribution in [0.15, 0.2) is 64.7 Å². The molecule has 2 bridgehead atoms. The van der Waals surface area contributed by atoms with Crippen LogP contribution in [0.1, 0.15) is 12.0 Å². The van der Waals surface area contributed by atoms with Crippen molar-refractivity contribution in [3.63, 3.8) is 0 Å². The molecule has 0 radical (unpaired) electrons. The van der Waals surface area contributed by atoms with Gasteiger partial charge in [-0.25, -0.2) is 4.90 Å². The Bertz CT molecular complexity index is 1250. The summed E-state index contributed by atoms with van der Waals surface area (Å²) >= 11 is 39.2. The molecule has 1 aliphatic heterocycles. The van der Waals surface area contributed by atoms with E-state index in [1.807, 2.05) is 30.3 Å². The highest BCUT2D eigenvalue weighted by Crippen LogP contribution is 2.77. The molecule has 1 saturated carbocycles. The van der Waals surface area contributed by atoms with Crippen LogP contribution in [0.5, 0.6) is 0 Å². The summed E-state index contributed by atoms with van der Waals surface area (Å²) in [6.45, 7) is 0. The number of carbonyl (C=O) groups is 3. The molecule has 3 amide bonds. The molecule has 1 N–H and O–H groups in total. The molecular formula is C24H16Cl6N2O3. The van der Waals surface area contributed by atoms with Crippen LogP contribution in [-0.4, -0.2) is 31.8 Å². The van der Waals surface area contributed by atoms with Gasteiger partial charge in [0.1, 0.15) is 9.75 Å². The van der Waals surface area contributed by atoms with Crippen LogP contribution in [0.4, 0.5) is 11.4 Å². The van der Waals surface area contributed by atoms with Crippen molar-refractivity contribution in [3.05, 3.63) is 70.2 Å². The number of alkyl halides is 4. The molecular weight excluding hydrogens is 577 g/mol. The number of imide groups is 1. The molecule has 2 aromatic carbocycles. The first-order valence-electron chi connectivity index (χ1n) is 10.6. The highest BCUT2D eigenvalue weighted by molar-refractivity contribution is 6.67. The van der Waals surface area contributed by atoms with Crippen molar-refractivity contribution >= 4 is 98.7 Å². The Kier molecular flexibility index (Phi) is 6.15. The van der Waals surface area contributed by atoms with Crippen molar-refractivity contribution in [1.29, 1.82) is 0 Å². The van der Waals surface area contributed by atoms with Crippen molar-refractivity contribution in [2.75, 3.05) is 10.2 Å². The van der Waals surface area contributed by atoms with Crippen molar-refractivity contribution in [3.8, 4) is 0 Å². The number of hydrogen-bond acceptors (Lipinski definition) is 3. The van der Waals surface area contributed by atoms with Gasteiger partial charge in [0.15, 0.2) is 4.33 Å². The first kappa shape index (κ1) is 25.2. The summed E-state index contributed by atoms with van der Waals surface area (Å²) in [6, 6.07) is 16.0. The number of benzene rings is 2. The minimum Gasteiger partial charge on any atom is -0.326 e. The van der Waals surface area contributed by atoms with Gasteiger partial charge in [-0.15, -0.1) is 23.2 Å². The zero-order chi connectivity index (χ0) is 25.3. The van der Waals surface area contributed by atoms with E-state index < -0.39 is 37.7 Å². The molecule has 5 rings (SSSR count). The van der Waals surface area contributed by atoms with Gasteiger partial charge in [0, 0.05) is 12.1 Å². The predicted molar refractivity (Wildman–Crippen MR) is 140 cm³/mol. The van der Waals surface area contributed by atoms with Gasteiger partial charge in [-0.1, -0.05) is 82.8 Å². The summed E-state index contributed by atoms with van der Waals surface area (Å²) in [5.41, 5.74) is 1.69. The van der Waals surface area contributed by atoms with Gasteiger partial charge in [0.05, 0.1) is 27.6 Å². The van der Waals surface area contributed by atoms with E-state index >= 15 is 0 Å². The lowest BCUT2D eigenvalue weighted by Crippen LogP contribution is -2.50. The molecule has 35 heavy (non-hydrogen) atoms. The van der Waals surface area contributed by atoms with Crippen LogP contribution >= 0.6 is 69.6 Å². The van der Waals surface area contributed by atoms with E-state index in [4.69, 9.17) is 69.6 Å². The van der Waals surface area contributed by atoms with E-state index in [-0.39, 0.29) is 28.1 Å². The lowest BCUT2D eigenvalue weighted by molar-refractivity contribution is -0.123.